The van der Waals surface area contributed by atoms with Crippen molar-refractivity contribution in [1.82, 2.24) is 9.80 Å². The van der Waals surface area contributed by atoms with Gasteiger partial charge < -0.3 is 4.90 Å². The second-order valence-corrected chi connectivity index (χ2v) is 5.73. The van der Waals surface area contributed by atoms with Crippen LogP contribution in [0.4, 0.5) is 0 Å². The first-order valence-corrected chi connectivity index (χ1v) is 7.07. The fourth-order valence-electron chi connectivity index (χ4n) is 2.29. The fourth-order valence-corrected chi connectivity index (χ4v) is 2.29. The van der Waals surface area contributed by atoms with Gasteiger partial charge in [-0.3, -0.25) is 14.5 Å². The Labute approximate surface area is 120 Å². The van der Waals surface area contributed by atoms with Crippen LogP contribution in [0.3, 0.4) is 0 Å². The summed E-state index contributed by atoms with van der Waals surface area (Å²) >= 11 is 0. The molecule has 0 atom stereocenters. The number of likely N-dealkylation sites (N-methyl/N-ethyl adjacent to an activating group) is 1. The predicted octanol–water partition coefficient (Wildman–Crippen LogP) is 1.77. The first-order chi connectivity index (χ1) is 9.47. The molecule has 0 unspecified atom stereocenters. The van der Waals surface area contributed by atoms with Crippen LogP contribution in [0, 0.1) is 0 Å². The van der Waals surface area contributed by atoms with Gasteiger partial charge >= 0.3 is 0 Å². The lowest BCUT2D eigenvalue weighted by Gasteiger charge is -2.31. The van der Waals surface area contributed by atoms with Crippen LogP contribution in [0.5, 0.6) is 0 Å². The Morgan fingerprint density at radius 2 is 1.85 bits per heavy atom. The highest BCUT2D eigenvalue weighted by atomic mass is 16.2. The van der Waals surface area contributed by atoms with Crippen LogP contribution in [0.15, 0.2) is 24.3 Å². The second kappa shape index (κ2) is 6.18. The number of rotatable bonds is 4. The number of amides is 1. The zero-order valence-electron chi connectivity index (χ0n) is 12.4. The SMILES string of the molecule is CC(C)c1ccc(C(=O)CN2CCN(C)C(=O)C2)cc1. The van der Waals surface area contributed by atoms with Gasteiger partial charge in [0.2, 0.25) is 5.91 Å². The van der Waals surface area contributed by atoms with Crippen LogP contribution >= 0.6 is 0 Å². The van der Waals surface area contributed by atoms with E-state index in [1.165, 1.54) is 5.56 Å². The summed E-state index contributed by atoms with van der Waals surface area (Å²) < 4.78 is 0. The Kier molecular flexibility index (Phi) is 4.55. The lowest BCUT2D eigenvalue weighted by molar-refractivity contribution is -0.134. The minimum absolute atomic E-state index is 0.0812. The molecule has 1 aromatic carbocycles. The third kappa shape index (κ3) is 3.45. The minimum atomic E-state index is 0.0812. The van der Waals surface area contributed by atoms with E-state index in [-0.39, 0.29) is 11.7 Å². The van der Waals surface area contributed by atoms with Gasteiger partial charge in [0.25, 0.3) is 0 Å². The maximum absolute atomic E-state index is 12.2. The molecule has 4 heteroatoms. The Bertz CT molecular complexity index is 494. The number of benzene rings is 1. The molecule has 0 aliphatic carbocycles. The van der Waals surface area contributed by atoms with Crippen molar-refractivity contribution in [2.45, 2.75) is 19.8 Å². The van der Waals surface area contributed by atoms with Crippen molar-refractivity contribution in [3.63, 3.8) is 0 Å². The smallest absolute Gasteiger partial charge is 0.236 e. The van der Waals surface area contributed by atoms with Crippen LogP contribution in [-0.4, -0.2) is 54.7 Å². The molecule has 0 spiro atoms. The van der Waals surface area contributed by atoms with Crippen molar-refractivity contribution in [3.8, 4) is 0 Å². The van der Waals surface area contributed by atoms with E-state index in [1.807, 2.05) is 29.2 Å². The summed E-state index contributed by atoms with van der Waals surface area (Å²) in [7, 11) is 1.80. The Morgan fingerprint density at radius 1 is 1.20 bits per heavy atom. The molecule has 0 bridgehead atoms. The normalized spacial score (nSPS) is 16.8. The van der Waals surface area contributed by atoms with E-state index in [4.69, 9.17) is 0 Å². The van der Waals surface area contributed by atoms with Crippen molar-refractivity contribution in [2.24, 2.45) is 0 Å². The van der Waals surface area contributed by atoms with Crippen molar-refractivity contribution in [2.75, 3.05) is 33.2 Å². The molecule has 2 rings (SSSR count). The van der Waals surface area contributed by atoms with E-state index in [0.717, 1.165) is 12.1 Å². The average Bonchev–Trinajstić information content (AvgIpc) is 2.43. The number of piperazine rings is 1. The summed E-state index contributed by atoms with van der Waals surface area (Å²) in [5, 5.41) is 0. The molecule has 0 aromatic heterocycles. The van der Waals surface area contributed by atoms with Gasteiger partial charge in [0, 0.05) is 25.7 Å². The highest BCUT2D eigenvalue weighted by Crippen LogP contribution is 2.15. The zero-order valence-corrected chi connectivity index (χ0v) is 12.4. The van der Waals surface area contributed by atoms with E-state index in [9.17, 15) is 9.59 Å². The summed E-state index contributed by atoms with van der Waals surface area (Å²) in [4.78, 5) is 27.5. The van der Waals surface area contributed by atoms with Gasteiger partial charge in [-0.05, 0) is 11.5 Å². The van der Waals surface area contributed by atoms with Crippen molar-refractivity contribution < 1.29 is 9.59 Å². The summed E-state index contributed by atoms with van der Waals surface area (Å²) in [5.41, 5.74) is 1.96. The summed E-state index contributed by atoms with van der Waals surface area (Å²) in [5.74, 6) is 0.631. The number of Topliss-reactive ketones (excluding diaryl/α,β-unsaturated/α-hetero) is 1. The molecule has 20 heavy (non-hydrogen) atoms. The molecule has 4 nitrogen and oxygen atoms in total. The van der Waals surface area contributed by atoms with Crippen LogP contribution < -0.4 is 0 Å². The number of hydrogen-bond donors (Lipinski definition) is 0. The Hall–Kier alpha value is -1.68. The maximum Gasteiger partial charge on any atom is 0.236 e. The number of ketones is 1. The predicted molar refractivity (Wildman–Crippen MR) is 78.9 cm³/mol. The van der Waals surface area contributed by atoms with E-state index in [2.05, 4.69) is 13.8 Å². The molecule has 1 aliphatic heterocycles. The maximum atomic E-state index is 12.2. The highest BCUT2D eigenvalue weighted by Gasteiger charge is 2.22. The third-order valence-electron chi connectivity index (χ3n) is 3.80. The number of carbonyl (C=O) groups excluding carboxylic acids is 2. The van der Waals surface area contributed by atoms with E-state index < -0.39 is 0 Å². The molecule has 0 N–H and O–H groups in total. The second-order valence-electron chi connectivity index (χ2n) is 5.73. The zero-order chi connectivity index (χ0) is 14.7. The van der Waals surface area contributed by atoms with Gasteiger partial charge in [-0.1, -0.05) is 38.1 Å². The number of nitrogens with zero attached hydrogens (tertiary/aromatic N) is 2. The Balaban J connectivity index is 1.96. The van der Waals surface area contributed by atoms with Crippen LogP contribution in [-0.2, 0) is 4.79 Å². The van der Waals surface area contributed by atoms with E-state index in [1.54, 1.807) is 11.9 Å². The Morgan fingerprint density at radius 3 is 2.40 bits per heavy atom. The van der Waals surface area contributed by atoms with Gasteiger partial charge in [0.1, 0.15) is 0 Å². The first-order valence-electron chi connectivity index (χ1n) is 7.07. The van der Waals surface area contributed by atoms with Crippen LogP contribution in [0.2, 0.25) is 0 Å². The van der Waals surface area contributed by atoms with Crippen molar-refractivity contribution in [1.29, 1.82) is 0 Å². The molecular formula is C16H22N2O2. The standard InChI is InChI=1S/C16H22N2O2/c1-12(2)13-4-6-14(7-5-13)15(19)10-18-9-8-17(3)16(20)11-18/h4-7,12H,8-11H2,1-3H3. The number of carbonyl (C=O) groups is 2. The van der Waals surface area contributed by atoms with Gasteiger partial charge in [-0.2, -0.15) is 0 Å². The number of hydrogen-bond acceptors (Lipinski definition) is 3. The molecule has 0 radical (unpaired) electrons. The van der Waals surface area contributed by atoms with E-state index >= 15 is 0 Å². The molecule has 1 fully saturated rings. The lowest BCUT2D eigenvalue weighted by Crippen LogP contribution is -2.49. The molecule has 1 saturated heterocycles. The summed E-state index contributed by atoms with van der Waals surface area (Å²) in [6, 6.07) is 7.78. The van der Waals surface area contributed by atoms with Gasteiger partial charge in [0.05, 0.1) is 13.1 Å². The average molecular weight is 274 g/mol. The first kappa shape index (κ1) is 14.7. The van der Waals surface area contributed by atoms with Gasteiger partial charge in [0.15, 0.2) is 5.78 Å². The molecule has 1 aromatic rings. The summed E-state index contributed by atoms with van der Waals surface area (Å²) in [6.07, 6.45) is 0. The lowest BCUT2D eigenvalue weighted by atomic mass is 10.0. The molecule has 1 amide bonds. The van der Waals surface area contributed by atoms with Crippen molar-refractivity contribution in [3.05, 3.63) is 35.4 Å². The molecule has 108 valence electrons. The minimum Gasteiger partial charge on any atom is -0.343 e. The topological polar surface area (TPSA) is 40.6 Å². The largest absolute Gasteiger partial charge is 0.343 e. The van der Waals surface area contributed by atoms with E-state index in [0.29, 0.717) is 25.6 Å². The third-order valence-corrected chi connectivity index (χ3v) is 3.80. The van der Waals surface area contributed by atoms with Gasteiger partial charge in [-0.25, -0.2) is 0 Å². The monoisotopic (exact) mass is 274 g/mol. The molecule has 1 heterocycles. The molecular weight excluding hydrogens is 252 g/mol. The summed E-state index contributed by atoms with van der Waals surface area (Å²) in [6.45, 7) is 6.38. The van der Waals surface area contributed by atoms with Crippen LogP contribution in [0.25, 0.3) is 0 Å². The van der Waals surface area contributed by atoms with Crippen LogP contribution in [0.1, 0.15) is 35.7 Å². The fraction of sp³-hybridized carbons (Fsp3) is 0.500. The highest BCUT2D eigenvalue weighted by molar-refractivity contribution is 5.98. The molecule has 1 aliphatic rings. The van der Waals surface area contributed by atoms with Gasteiger partial charge in [-0.15, -0.1) is 0 Å². The van der Waals surface area contributed by atoms with Crippen molar-refractivity contribution >= 4 is 11.7 Å². The quantitative estimate of drug-likeness (QED) is 0.786. The molecule has 0 saturated carbocycles.